The van der Waals surface area contributed by atoms with Crippen molar-refractivity contribution >= 4 is 5.91 Å². The van der Waals surface area contributed by atoms with Gasteiger partial charge in [0.05, 0.1) is 0 Å². The lowest BCUT2D eigenvalue weighted by atomic mass is 9.94. The molecule has 2 fully saturated rings. The van der Waals surface area contributed by atoms with Crippen LogP contribution in [0.4, 0.5) is 0 Å². The zero-order valence-corrected chi connectivity index (χ0v) is 11.8. The van der Waals surface area contributed by atoms with Gasteiger partial charge in [-0.15, -0.1) is 0 Å². The van der Waals surface area contributed by atoms with Crippen molar-refractivity contribution in [2.45, 2.75) is 64.3 Å². The summed E-state index contributed by atoms with van der Waals surface area (Å²) in [6, 6.07) is 0.586. The maximum absolute atomic E-state index is 12.1. The van der Waals surface area contributed by atoms with Crippen LogP contribution in [0.2, 0.25) is 0 Å². The van der Waals surface area contributed by atoms with Crippen LogP contribution in [0, 0.1) is 5.92 Å². The van der Waals surface area contributed by atoms with Crippen molar-refractivity contribution in [2.75, 3.05) is 19.6 Å². The predicted octanol–water partition coefficient (Wildman–Crippen LogP) is 2.56. The standard InChI is InChI=1S/C15H28N2O/c1-2-3-4-5-6-9-15(18)17-11-13-8-7-10-16-14(13)12-17/h13-14,16H,2-12H2,1H3/t13-,14+/m0/s1. The molecule has 0 saturated carbocycles. The average Bonchev–Trinajstić information content (AvgIpc) is 2.82. The number of carbonyl (C=O) groups is 1. The van der Waals surface area contributed by atoms with Crippen molar-refractivity contribution in [3.05, 3.63) is 0 Å². The Balaban J connectivity index is 1.64. The van der Waals surface area contributed by atoms with E-state index >= 15 is 0 Å². The summed E-state index contributed by atoms with van der Waals surface area (Å²) in [4.78, 5) is 14.2. The maximum atomic E-state index is 12.1. The zero-order valence-electron chi connectivity index (χ0n) is 11.8. The molecule has 1 amide bonds. The smallest absolute Gasteiger partial charge is 0.222 e. The normalized spacial score (nSPS) is 27.3. The van der Waals surface area contributed by atoms with Crippen LogP contribution < -0.4 is 5.32 Å². The highest BCUT2D eigenvalue weighted by atomic mass is 16.2. The van der Waals surface area contributed by atoms with Gasteiger partial charge in [-0.2, -0.15) is 0 Å². The van der Waals surface area contributed by atoms with Gasteiger partial charge in [-0.25, -0.2) is 0 Å². The monoisotopic (exact) mass is 252 g/mol. The Morgan fingerprint density at radius 2 is 2.06 bits per heavy atom. The molecule has 2 saturated heterocycles. The molecule has 1 N–H and O–H groups in total. The van der Waals surface area contributed by atoms with E-state index in [0.29, 0.717) is 11.9 Å². The van der Waals surface area contributed by atoms with Crippen molar-refractivity contribution in [3.63, 3.8) is 0 Å². The lowest BCUT2D eigenvalue weighted by molar-refractivity contribution is -0.130. The Labute approximate surface area is 111 Å². The molecule has 0 aromatic heterocycles. The van der Waals surface area contributed by atoms with Gasteiger partial charge in [-0.1, -0.05) is 32.6 Å². The SMILES string of the molecule is CCCCCCCC(=O)N1C[C@@H]2CCCN[C@@H]2C1. The summed E-state index contributed by atoms with van der Waals surface area (Å²) in [5.74, 6) is 1.12. The van der Waals surface area contributed by atoms with Crippen LogP contribution in [0.1, 0.15) is 58.3 Å². The number of likely N-dealkylation sites (tertiary alicyclic amines) is 1. The van der Waals surface area contributed by atoms with Gasteiger partial charge in [0.2, 0.25) is 5.91 Å². The molecule has 104 valence electrons. The van der Waals surface area contributed by atoms with E-state index in [2.05, 4.69) is 17.1 Å². The second kappa shape index (κ2) is 7.13. The minimum atomic E-state index is 0.391. The second-order valence-corrected chi connectivity index (χ2v) is 5.93. The fourth-order valence-electron chi connectivity index (χ4n) is 3.29. The molecule has 0 aliphatic carbocycles. The molecule has 2 heterocycles. The number of rotatable bonds is 6. The van der Waals surface area contributed by atoms with Crippen molar-refractivity contribution in [3.8, 4) is 0 Å². The number of fused-ring (bicyclic) bond motifs is 1. The molecule has 0 aromatic rings. The van der Waals surface area contributed by atoms with Gasteiger partial charge in [-0.05, 0) is 31.7 Å². The minimum absolute atomic E-state index is 0.391. The van der Waals surface area contributed by atoms with Crippen molar-refractivity contribution in [1.29, 1.82) is 0 Å². The van der Waals surface area contributed by atoms with Crippen molar-refractivity contribution < 1.29 is 4.79 Å². The first-order chi connectivity index (χ1) is 8.81. The van der Waals surface area contributed by atoms with Crippen LogP contribution in [-0.4, -0.2) is 36.5 Å². The largest absolute Gasteiger partial charge is 0.341 e. The lowest BCUT2D eigenvalue weighted by Crippen LogP contribution is -2.41. The van der Waals surface area contributed by atoms with Crippen LogP contribution >= 0.6 is 0 Å². The molecule has 0 aromatic carbocycles. The second-order valence-electron chi connectivity index (χ2n) is 5.93. The van der Waals surface area contributed by atoms with Gasteiger partial charge in [0, 0.05) is 25.6 Å². The van der Waals surface area contributed by atoms with Crippen LogP contribution in [0.5, 0.6) is 0 Å². The number of nitrogens with one attached hydrogen (secondary N) is 1. The number of hydrogen-bond acceptors (Lipinski definition) is 2. The van der Waals surface area contributed by atoms with Crippen molar-refractivity contribution in [1.82, 2.24) is 10.2 Å². The number of nitrogens with zero attached hydrogens (tertiary/aromatic N) is 1. The van der Waals surface area contributed by atoms with Crippen LogP contribution in [0.15, 0.2) is 0 Å². The topological polar surface area (TPSA) is 32.3 Å². The van der Waals surface area contributed by atoms with Gasteiger partial charge in [-0.3, -0.25) is 4.79 Å². The summed E-state index contributed by atoms with van der Waals surface area (Å²) in [5.41, 5.74) is 0. The van der Waals surface area contributed by atoms with E-state index in [1.165, 1.54) is 38.5 Å². The van der Waals surface area contributed by atoms with Crippen LogP contribution in [0.3, 0.4) is 0 Å². The molecular weight excluding hydrogens is 224 g/mol. The van der Waals surface area contributed by atoms with E-state index in [-0.39, 0.29) is 0 Å². The summed E-state index contributed by atoms with van der Waals surface area (Å²) in [7, 11) is 0. The van der Waals surface area contributed by atoms with Gasteiger partial charge in [0.1, 0.15) is 0 Å². The molecule has 2 aliphatic heterocycles. The van der Waals surface area contributed by atoms with Gasteiger partial charge < -0.3 is 10.2 Å². The number of hydrogen-bond donors (Lipinski definition) is 1. The quantitative estimate of drug-likeness (QED) is 0.737. The number of amides is 1. The van der Waals surface area contributed by atoms with Crippen LogP contribution in [0.25, 0.3) is 0 Å². The molecule has 0 spiro atoms. The highest BCUT2D eigenvalue weighted by Crippen LogP contribution is 2.25. The van der Waals surface area contributed by atoms with Crippen LogP contribution in [-0.2, 0) is 4.79 Å². The van der Waals surface area contributed by atoms with Gasteiger partial charge in [0.15, 0.2) is 0 Å². The van der Waals surface area contributed by atoms with E-state index in [0.717, 1.165) is 38.4 Å². The molecule has 2 aliphatic rings. The number of unbranched alkanes of at least 4 members (excludes halogenated alkanes) is 4. The van der Waals surface area contributed by atoms with Gasteiger partial charge >= 0.3 is 0 Å². The third-order valence-electron chi connectivity index (χ3n) is 4.45. The highest BCUT2D eigenvalue weighted by Gasteiger charge is 2.35. The van der Waals surface area contributed by atoms with E-state index in [1.807, 2.05) is 0 Å². The summed E-state index contributed by atoms with van der Waals surface area (Å²) in [5, 5.41) is 3.56. The van der Waals surface area contributed by atoms with E-state index in [9.17, 15) is 4.79 Å². The molecule has 2 atom stereocenters. The van der Waals surface area contributed by atoms with E-state index < -0.39 is 0 Å². The maximum Gasteiger partial charge on any atom is 0.222 e. The van der Waals surface area contributed by atoms with E-state index in [4.69, 9.17) is 0 Å². The number of piperidine rings is 1. The average molecular weight is 252 g/mol. The lowest BCUT2D eigenvalue weighted by Gasteiger charge is -2.24. The molecule has 2 rings (SSSR count). The molecule has 0 unspecified atom stereocenters. The minimum Gasteiger partial charge on any atom is -0.341 e. The third kappa shape index (κ3) is 3.71. The first-order valence-electron chi connectivity index (χ1n) is 7.82. The Morgan fingerprint density at radius 1 is 1.22 bits per heavy atom. The zero-order chi connectivity index (χ0) is 12.8. The molecule has 0 bridgehead atoms. The summed E-state index contributed by atoms with van der Waals surface area (Å²) < 4.78 is 0. The first kappa shape index (κ1) is 13.9. The highest BCUT2D eigenvalue weighted by molar-refractivity contribution is 5.76. The Hall–Kier alpha value is -0.570. The molecule has 3 nitrogen and oxygen atoms in total. The Morgan fingerprint density at radius 3 is 2.83 bits per heavy atom. The molecule has 3 heteroatoms. The first-order valence-corrected chi connectivity index (χ1v) is 7.82. The predicted molar refractivity (Wildman–Crippen MR) is 74.5 cm³/mol. The Kier molecular flexibility index (Phi) is 5.48. The fourth-order valence-corrected chi connectivity index (χ4v) is 3.29. The Bertz CT molecular complexity index is 253. The molecule has 18 heavy (non-hydrogen) atoms. The third-order valence-corrected chi connectivity index (χ3v) is 4.45. The van der Waals surface area contributed by atoms with E-state index in [1.54, 1.807) is 0 Å². The number of carbonyl (C=O) groups excluding carboxylic acids is 1. The summed E-state index contributed by atoms with van der Waals surface area (Å²) >= 11 is 0. The fraction of sp³-hybridized carbons (Fsp3) is 0.933. The molecular formula is C15H28N2O. The van der Waals surface area contributed by atoms with Gasteiger partial charge in [0.25, 0.3) is 0 Å². The van der Waals surface area contributed by atoms with Crippen molar-refractivity contribution in [2.24, 2.45) is 5.92 Å². The summed E-state index contributed by atoms with van der Waals surface area (Å²) in [6.07, 6.45) is 9.52. The molecule has 0 radical (unpaired) electrons. The summed E-state index contributed by atoms with van der Waals surface area (Å²) in [6.45, 7) is 5.33.